The zero-order valence-electron chi connectivity index (χ0n) is 12.0. The molecule has 0 bridgehead atoms. The van der Waals surface area contributed by atoms with Gasteiger partial charge in [-0.2, -0.15) is 0 Å². The first-order valence-corrected chi connectivity index (χ1v) is 7.80. The summed E-state index contributed by atoms with van der Waals surface area (Å²) < 4.78 is 0. The van der Waals surface area contributed by atoms with Crippen LogP contribution < -0.4 is 5.32 Å². The predicted molar refractivity (Wildman–Crippen MR) is 84.1 cm³/mol. The van der Waals surface area contributed by atoms with Gasteiger partial charge in [0.05, 0.1) is 10.0 Å². The van der Waals surface area contributed by atoms with Crippen LogP contribution in [0.2, 0.25) is 10.0 Å². The van der Waals surface area contributed by atoms with Crippen molar-refractivity contribution in [3.05, 3.63) is 33.8 Å². The Morgan fingerprint density at radius 1 is 1.26 bits per heavy atom. The Labute approximate surface area is 126 Å². The Kier molecular flexibility index (Phi) is 4.81. The summed E-state index contributed by atoms with van der Waals surface area (Å²) in [7, 11) is 0. The van der Waals surface area contributed by atoms with E-state index in [0.29, 0.717) is 16.0 Å². The molecule has 3 heteroatoms. The van der Waals surface area contributed by atoms with Crippen LogP contribution in [-0.4, -0.2) is 12.6 Å². The van der Waals surface area contributed by atoms with Crippen molar-refractivity contribution < 1.29 is 0 Å². The lowest BCUT2D eigenvalue weighted by Gasteiger charge is -2.31. The van der Waals surface area contributed by atoms with Gasteiger partial charge in [-0.1, -0.05) is 56.1 Å². The standard InChI is InChI=1S/C16H23Cl2N/c1-16(2,3)12(10-19-13-7-8-13)9-11-5-4-6-14(17)15(11)18/h4-6,12-13,19H,7-10H2,1-3H3. The van der Waals surface area contributed by atoms with Crippen LogP contribution in [0.4, 0.5) is 0 Å². The van der Waals surface area contributed by atoms with E-state index in [1.807, 2.05) is 12.1 Å². The van der Waals surface area contributed by atoms with Gasteiger partial charge >= 0.3 is 0 Å². The molecule has 0 amide bonds. The van der Waals surface area contributed by atoms with E-state index >= 15 is 0 Å². The van der Waals surface area contributed by atoms with Gasteiger partial charge in [0, 0.05) is 6.04 Å². The molecule has 0 heterocycles. The lowest BCUT2D eigenvalue weighted by Crippen LogP contribution is -2.34. The van der Waals surface area contributed by atoms with Crippen molar-refractivity contribution in [2.24, 2.45) is 11.3 Å². The van der Waals surface area contributed by atoms with Gasteiger partial charge in [0.15, 0.2) is 0 Å². The summed E-state index contributed by atoms with van der Waals surface area (Å²) in [5.41, 5.74) is 1.42. The molecule has 1 fully saturated rings. The normalized spacial score (nSPS) is 17.5. The number of hydrogen-bond donors (Lipinski definition) is 1. The lowest BCUT2D eigenvalue weighted by molar-refractivity contribution is 0.230. The van der Waals surface area contributed by atoms with Crippen LogP contribution >= 0.6 is 23.2 Å². The summed E-state index contributed by atoms with van der Waals surface area (Å²) in [4.78, 5) is 0. The fourth-order valence-corrected chi connectivity index (χ4v) is 2.65. The third-order valence-corrected chi connectivity index (χ3v) is 4.81. The minimum absolute atomic E-state index is 0.257. The summed E-state index contributed by atoms with van der Waals surface area (Å²) in [6.45, 7) is 7.94. The number of benzene rings is 1. The molecule has 1 unspecified atom stereocenters. The third-order valence-electron chi connectivity index (χ3n) is 3.95. The highest BCUT2D eigenvalue weighted by molar-refractivity contribution is 6.42. The van der Waals surface area contributed by atoms with Gasteiger partial charge in [-0.15, -0.1) is 0 Å². The summed E-state index contributed by atoms with van der Waals surface area (Å²) in [6.07, 6.45) is 3.63. The SMILES string of the molecule is CC(C)(C)C(CNC1CC1)Cc1cccc(Cl)c1Cl. The average Bonchev–Trinajstić information content (AvgIpc) is 3.12. The number of rotatable bonds is 5. The molecule has 0 saturated heterocycles. The molecule has 19 heavy (non-hydrogen) atoms. The second-order valence-corrected chi connectivity index (χ2v) is 7.45. The Morgan fingerprint density at radius 3 is 2.53 bits per heavy atom. The minimum atomic E-state index is 0.257. The van der Waals surface area contributed by atoms with E-state index in [2.05, 4.69) is 32.2 Å². The van der Waals surface area contributed by atoms with Crippen LogP contribution in [0.25, 0.3) is 0 Å². The van der Waals surface area contributed by atoms with Crippen molar-refractivity contribution in [2.45, 2.75) is 46.1 Å². The maximum atomic E-state index is 6.31. The quantitative estimate of drug-likeness (QED) is 0.811. The fourth-order valence-electron chi connectivity index (χ4n) is 2.25. The minimum Gasteiger partial charge on any atom is -0.314 e. The third kappa shape index (κ3) is 4.37. The summed E-state index contributed by atoms with van der Waals surface area (Å²) in [5, 5.41) is 5.01. The van der Waals surface area contributed by atoms with E-state index in [-0.39, 0.29) is 5.41 Å². The van der Waals surface area contributed by atoms with Gasteiger partial charge in [-0.25, -0.2) is 0 Å². The summed E-state index contributed by atoms with van der Waals surface area (Å²) >= 11 is 12.4. The smallest absolute Gasteiger partial charge is 0.0624 e. The molecule has 1 nitrogen and oxygen atoms in total. The maximum Gasteiger partial charge on any atom is 0.0624 e. The molecule has 0 radical (unpaired) electrons. The molecule has 106 valence electrons. The van der Waals surface area contributed by atoms with E-state index in [4.69, 9.17) is 23.2 Å². The molecular weight excluding hydrogens is 277 g/mol. The van der Waals surface area contributed by atoms with Crippen LogP contribution in [0.15, 0.2) is 18.2 Å². The molecule has 1 N–H and O–H groups in total. The monoisotopic (exact) mass is 299 g/mol. The first-order valence-electron chi connectivity index (χ1n) is 7.04. The van der Waals surface area contributed by atoms with E-state index in [0.717, 1.165) is 24.6 Å². The Bertz CT molecular complexity index is 433. The van der Waals surface area contributed by atoms with Crippen LogP contribution in [0.5, 0.6) is 0 Å². The van der Waals surface area contributed by atoms with Crippen molar-refractivity contribution in [1.29, 1.82) is 0 Å². The molecule has 0 aliphatic heterocycles. The largest absolute Gasteiger partial charge is 0.314 e. The molecule has 0 spiro atoms. The van der Waals surface area contributed by atoms with Gasteiger partial charge in [-0.05, 0) is 48.8 Å². The molecule has 2 rings (SSSR count). The highest BCUT2D eigenvalue weighted by Crippen LogP contribution is 2.34. The highest BCUT2D eigenvalue weighted by Gasteiger charge is 2.28. The van der Waals surface area contributed by atoms with Gasteiger partial charge in [0.25, 0.3) is 0 Å². The number of halogens is 2. The molecule has 1 atom stereocenters. The predicted octanol–water partition coefficient (Wildman–Crippen LogP) is 4.95. The van der Waals surface area contributed by atoms with E-state index < -0.39 is 0 Å². The van der Waals surface area contributed by atoms with Gasteiger partial charge in [-0.3, -0.25) is 0 Å². The topological polar surface area (TPSA) is 12.0 Å². The molecule has 1 aliphatic carbocycles. The van der Waals surface area contributed by atoms with E-state index in [1.165, 1.54) is 12.8 Å². The summed E-state index contributed by atoms with van der Waals surface area (Å²) in [6, 6.07) is 6.67. The van der Waals surface area contributed by atoms with E-state index in [1.54, 1.807) is 0 Å². The van der Waals surface area contributed by atoms with Crippen molar-refractivity contribution >= 4 is 23.2 Å². The molecular formula is C16H23Cl2N. The van der Waals surface area contributed by atoms with Gasteiger partial charge in [0.1, 0.15) is 0 Å². The van der Waals surface area contributed by atoms with Gasteiger partial charge in [0.2, 0.25) is 0 Å². The molecule has 1 saturated carbocycles. The lowest BCUT2D eigenvalue weighted by atomic mass is 9.77. The van der Waals surface area contributed by atoms with Crippen LogP contribution in [0.3, 0.4) is 0 Å². The van der Waals surface area contributed by atoms with Crippen molar-refractivity contribution in [3.8, 4) is 0 Å². The maximum absolute atomic E-state index is 6.31. The Balaban J connectivity index is 2.07. The Morgan fingerprint density at radius 2 is 1.95 bits per heavy atom. The molecule has 1 aromatic carbocycles. The van der Waals surface area contributed by atoms with Gasteiger partial charge < -0.3 is 5.32 Å². The molecule has 0 aromatic heterocycles. The number of nitrogens with one attached hydrogen (secondary N) is 1. The first kappa shape index (κ1) is 15.2. The molecule has 1 aromatic rings. The Hall–Kier alpha value is -0.240. The van der Waals surface area contributed by atoms with Crippen molar-refractivity contribution in [3.63, 3.8) is 0 Å². The summed E-state index contributed by atoms with van der Waals surface area (Å²) in [5.74, 6) is 0.559. The van der Waals surface area contributed by atoms with Crippen LogP contribution in [0.1, 0.15) is 39.2 Å². The highest BCUT2D eigenvalue weighted by atomic mass is 35.5. The van der Waals surface area contributed by atoms with Crippen LogP contribution in [0, 0.1) is 11.3 Å². The van der Waals surface area contributed by atoms with Crippen LogP contribution in [-0.2, 0) is 6.42 Å². The molecule has 1 aliphatic rings. The van der Waals surface area contributed by atoms with E-state index in [9.17, 15) is 0 Å². The first-order chi connectivity index (χ1) is 8.88. The zero-order valence-corrected chi connectivity index (χ0v) is 13.5. The number of hydrogen-bond acceptors (Lipinski definition) is 1. The van der Waals surface area contributed by atoms with Crippen molar-refractivity contribution in [2.75, 3.05) is 6.54 Å². The second kappa shape index (κ2) is 6.03. The fraction of sp³-hybridized carbons (Fsp3) is 0.625. The second-order valence-electron chi connectivity index (χ2n) is 6.66. The zero-order chi connectivity index (χ0) is 14.0. The van der Waals surface area contributed by atoms with Crippen molar-refractivity contribution in [1.82, 2.24) is 5.32 Å². The average molecular weight is 300 g/mol.